The van der Waals surface area contributed by atoms with Gasteiger partial charge in [-0.2, -0.15) is 0 Å². The molecule has 0 radical (unpaired) electrons. The van der Waals surface area contributed by atoms with E-state index >= 15 is 0 Å². The average molecular weight is 589 g/mol. The minimum absolute atomic E-state index is 0.0231. The van der Waals surface area contributed by atoms with Gasteiger partial charge in [0.25, 0.3) is 5.91 Å². The quantitative estimate of drug-likeness (QED) is 0.448. The van der Waals surface area contributed by atoms with Crippen molar-refractivity contribution in [1.29, 1.82) is 0 Å². The number of benzene rings is 1. The lowest BCUT2D eigenvalue weighted by molar-refractivity contribution is -0.131. The Morgan fingerprint density at radius 1 is 1.22 bits per heavy atom. The molecule has 1 saturated heterocycles. The maximum Gasteiger partial charge on any atom is 0.411 e. The van der Waals surface area contributed by atoms with Gasteiger partial charge >= 0.3 is 6.09 Å². The summed E-state index contributed by atoms with van der Waals surface area (Å²) < 4.78 is 52.6. The van der Waals surface area contributed by atoms with Gasteiger partial charge in [-0.05, 0) is 63.6 Å². The summed E-state index contributed by atoms with van der Waals surface area (Å²) in [5.74, 6) is -2.31. The van der Waals surface area contributed by atoms with Crippen LogP contribution in [0.3, 0.4) is 0 Å². The number of sulfonamides is 1. The predicted molar refractivity (Wildman–Crippen MR) is 147 cm³/mol. The summed E-state index contributed by atoms with van der Waals surface area (Å²) >= 11 is 0. The zero-order chi connectivity index (χ0) is 29.7. The third-order valence-corrected chi connectivity index (χ3v) is 9.23. The number of ether oxygens (including phenoxy) is 2. The van der Waals surface area contributed by atoms with E-state index in [-0.39, 0.29) is 25.3 Å². The van der Waals surface area contributed by atoms with Crippen LogP contribution in [0, 0.1) is 11.7 Å². The monoisotopic (exact) mass is 588 g/mol. The molecular formula is C28H33FN4O7S. The van der Waals surface area contributed by atoms with Gasteiger partial charge < -0.3 is 14.8 Å². The number of nitrogens with zero attached hydrogens (tertiary/aromatic N) is 2. The van der Waals surface area contributed by atoms with Crippen LogP contribution >= 0.6 is 0 Å². The van der Waals surface area contributed by atoms with E-state index in [2.05, 4.69) is 21.6 Å². The van der Waals surface area contributed by atoms with Crippen molar-refractivity contribution >= 4 is 38.7 Å². The summed E-state index contributed by atoms with van der Waals surface area (Å²) in [6.45, 7) is 8.74. The molecule has 1 aromatic heterocycles. The smallest absolute Gasteiger partial charge is 0.411 e. The van der Waals surface area contributed by atoms with Crippen LogP contribution in [-0.2, 0) is 24.3 Å². The number of carbonyl (C=O) groups is 3. The second-order valence-electron chi connectivity index (χ2n) is 11.8. The van der Waals surface area contributed by atoms with Gasteiger partial charge in [0, 0.05) is 23.9 Å². The van der Waals surface area contributed by atoms with Crippen molar-refractivity contribution in [2.75, 3.05) is 6.54 Å². The van der Waals surface area contributed by atoms with Crippen LogP contribution in [0.25, 0.3) is 10.8 Å². The summed E-state index contributed by atoms with van der Waals surface area (Å²) in [4.78, 5) is 45.4. The Morgan fingerprint density at radius 3 is 2.59 bits per heavy atom. The van der Waals surface area contributed by atoms with Gasteiger partial charge in [0.2, 0.25) is 21.8 Å². The Bertz CT molecular complexity index is 1520. The zero-order valence-corrected chi connectivity index (χ0v) is 23.9. The van der Waals surface area contributed by atoms with E-state index in [4.69, 9.17) is 9.47 Å². The number of aromatic nitrogens is 1. The molecule has 11 nitrogen and oxygen atoms in total. The summed E-state index contributed by atoms with van der Waals surface area (Å²) in [6, 6.07) is 4.82. The molecule has 0 bridgehead atoms. The highest BCUT2D eigenvalue weighted by Crippen LogP contribution is 2.45. The number of hydrogen-bond acceptors (Lipinski definition) is 8. The molecule has 2 aliphatic carbocycles. The lowest BCUT2D eigenvalue weighted by atomic mass is 10.1. The molecule has 1 aliphatic heterocycles. The second kappa shape index (κ2) is 10.3. The molecule has 2 heterocycles. The van der Waals surface area contributed by atoms with Crippen molar-refractivity contribution in [2.45, 2.75) is 75.0 Å². The fourth-order valence-electron chi connectivity index (χ4n) is 5.04. The second-order valence-corrected chi connectivity index (χ2v) is 13.7. The van der Waals surface area contributed by atoms with Crippen LogP contribution < -0.4 is 14.8 Å². The van der Waals surface area contributed by atoms with E-state index in [9.17, 15) is 27.2 Å². The Balaban J connectivity index is 1.38. The molecule has 3 amide bonds. The number of amides is 3. The number of fused-ring (bicyclic) bond motifs is 1. The van der Waals surface area contributed by atoms with Crippen molar-refractivity contribution in [3.63, 3.8) is 0 Å². The number of pyridine rings is 1. The molecule has 2 saturated carbocycles. The minimum atomic E-state index is -3.85. The highest BCUT2D eigenvalue weighted by Gasteiger charge is 2.62. The van der Waals surface area contributed by atoms with Gasteiger partial charge in [-0.1, -0.05) is 12.1 Å². The van der Waals surface area contributed by atoms with Crippen molar-refractivity contribution in [3.05, 3.63) is 48.9 Å². The Kier molecular flexibility index (Phi) is 7.21. The molecule has 41 heavy (non-hydrogen) atoms. The van der Waals surface area contributed by atoms with Gasteiger partial charge in [0.15, 0.2) is 0 Å². The van der Waals surface area contributed by atoms with Crippen LogP contribution in [-0.4, -0.2) is 71.3 Å². The van der Waals surface area contributed by atoms with E-state index in [1.54, 1.807) is 32.9 Å². The van der Waals surface area contributed by atoms with E-state index in [0.717, 1.165) is 0 Å². The summed E-state index contributed by atoms with van der Waals surface area (Å²) in [7, 11) is -3.85. The fraction of sp³-hybridized carbons (Fsp3) is 0.500. The number of halogens is 1. The first kappa shape index (κ1) is 28.8. The van der Waals surface area contributed by atoms with Crippen LogP contribution in [0.4, 0.5) is 9.18 Å². The van der Waals surface area contributed by atoms with Crippen LogP contribution in [0.15, 0.2) is 43.1 Å². The van der Waals surface area contributed by atoms with Crippen molar-refractivity contribution in [2.24, 2.45) is 5.92 Å². The molecule has 4 atom stereocenters. The summed E-state index contributed by atoms with van der Waals surface area (Å²) in [5.41, 5.74) is -2.36. The van der Waals surface area contributed by atoms with Gasteiger partial charge in [-0.15, -0.1) is 6.58 Å². The molecule has 13 heteroatoms. The molecular weight excluding hydrogens is 555 g/mol. The Labute approximate surface area is 237 Å². The maximum atomic E-state index is 14.0. The largest absolute Gasteiger partial charge is 0.472 e. The molecule has 2 N–H and O–H groups in total. The Hall–Kier alpha value is -3.74. The number of likely N-dealkylation sites (tertiary alicyclic amines) is 1. The van der Waals surface area contributed by atoms with Crippen LogP contribution in [0.2, 0.25) is 0 Å². The topological polar surface area (TPSA) is 144 Å². The molecule has 0 spiro atoms. The molecule has 1 aromatic carbocycles. The number of rotatable bonds is 8. The molecule has 1 unspecified atom stereocenters. The third kappa shape index (κ3) is 5.99. The highest BCUT2D eigenvalue weighted by molar-refractivity contribution is 7.91. The molecule has 5 rings (SSSR count). The van der Waals surface area contributed by atoms with Gasteiger partial charge in [0.05, 0.1) is 11.8 Å². The fourth-order valence-corrected chi connectivity index (χ4v) is 6.40. The lowest BCUT2D eigenvalue weighted by Gasteiger charge is -2.29. The summed E-state index contributed by atoms with van der Waals surface area (Å²) in [5, 5.41) is 3.22. The number of carbonyl (C=O) groups excluding carboxylic acids is 3. The average Bonchev–Trinajstić information content (AvgIpc) is 3.80. The highest BCUT2D eigenvalue weighted by atomic mass is 32.2. The van der Waals surface area contributed by atoms with Gasteiger partial charge in [-0.3, -0.25) is 19.2 Å². The third-order valence-electron chi connectivity index (χ3n) is 7.41. The maximum absolute atomic E-state index is 14.0. The first-order valence-electron chi connectivity index (χ1n) is 13.4. The van der Waals surface area contributed by atoms with Crippen molar-refractivity contribution < 1.29 is 36.7 Å². The van der Waals surface area contributed by atoms with Crippen molar-refractivity contribution in [1.82, 2.24) is 19.9 Å². The SMILES string of the molecule is C=C[C@@H]1C[C@]1(NC(=O)C1C[C@@H](Oc2nccc3ccc(F)cc23)CN1C(=O)OC(C)(C)C)C(=O)NS(=O)(=O)C1CC1. The number of nitrogens with one attached hydrogen (secondary N) is 2. The van der Waals surface area contributed by atoms with Crippen molar-refractivity contribution in [3.8, 4) is 5.88 Å². The zero-order valence-electron chi connectivity index (χ0n) is 23.1. The van der Waals surface area contributed by atoms with E-state index in [0.29, 0.717) is 23.6 Å². The predicted octanol–water partition coefficient (Wildman–Crippen LogP) is 2.80. The van der Waals surface area contributed by atoms with Crippen LogP contribution in [0.5, 0.6) is 5.88 Å². The normalized spacial score (nSPS) is 25.9. The first-order chi connectivity index (χ1) is 19.2. The van der Waals surface area contributed by atoms with E-state index in [1.807, 2.05) is 0 Å². The number of hydrogen-bond donors (Lipinski definition) is 2. The summed E-state index contributed by atoms with van der Waals surface area (Å²) in [6.07, 6.45) is 2.66. The molecule has 3 fully saturated rings. The van der Waals surface area contributed by atoms with Crippen LogP contribution in [0.1, 0.15) is 46.5 Å². The van der Waals surface area contributed by atoms with Gasteiger partial charge in [-0.25, -0.2) is 22.6 Å². The molecule has 2 aromatic rings. The van der Waals surface area contributed by atoms with E-state index < -0.39 is 68.2 Å². The van der Waals surface area contributed by atoms with E-state index in [1.165, 1.54) is 29.3 Å². The molecule has 220 valence electrons. The molecule has 3 aliphatic rings. The Morgan fingerprint density at radius 2 is 1.95 bits per heavy atom. The standard InChI is InChI=1S/C28H33FN4O7S/c1-5-17-14-28(17,25(35)32-41(37,38)20-8-9-20)31-23(34)22-13-19(15-33(22)26(36)40-27(2,3)4)39-24-21-12-18(29)7-6-16(21)10-11-30-24/h5-7,10-12,17,19-20,22H,1,8-9,13-15H2,2-4H3,(H,31,34)(H,32,35)/t17-,19-,22?,28-/m1/s1. The lowest BCUT2D eigenvalue weighted by Crippen LogP contribution is -2.56. The van der Waals surface area contributed by atoms with Gasteiger partial charge in [0.1, 0.15) is 29.1 Å². The minimum Gasteiger partial charge on any atom is -0.472 e. The first-order valence-corrected chi connectivity index (χ1v) is 15.0.